The van der Waals surface area contributed by atoms with Crippen LogP contribution in [0.25, 0.3) is 0 Å². The van der Waals surface area contributed by atoms with Gasteiger partial charge in [-0.1, -0.05) is 0 Å². The van der Waals surface area contributed by atoms with Crippen molar-refractivity contribution in [1.29, 1.82) is 0 Å². The van der Waals surface area contributed by atoms with E-state index in [0.717, 1.165) is 0 Å². The van der Waals surface area contributed by atoms with E-state index >= 15 is 0 Å². The number of rotatable bonds is 1. The van der Waals surface area contributed by atoms with Gasteiger partial charge in [0.15, 0.2) is 11.9 Å². The predicted molar refractivity (Wildman–Crippen MR) is 20.2 cm³/mol. The second kappa shape index (κ2) is 2.65. The van der Waals surface area contributed by atoms with Crippen molar-refractivity contribution in [2.45, 2.75) is 0 Å². The Bertz CT molecular complexity index is 71.2. The van der Waals surface area contributed by atoms with Crippen molar-refractivity contribution < 1.29 is 13.2 Å². The van der Waals surface area contributed by atoms with E-state index in [2.05, 4.69) is 9.92 Å². The van der Waals surface area contributed by atoms with Crippen molar-refractivity contribution in [3.8, 4) is 0 Å². The van der Waals surface area contributed by atoms with E-state index in [1.54, 1.807) is 0 Å². The van der Waals surface area contributed by atoms with Crippen LogP contribution in [0.5, 0.6) is 0 Å². The standard InChI is InChI=1S/CH3NO3S/c2-1(3)5-6-4/h6H,(H2,2,3). The maximum atomic E-state index is 9.39. The van der Waals surface area contributed by atoms with Gasteiger partial charge < -0.3 is 9.92 Å². The van der Waals surface area contributed by atoms with Gasteiger partial charge in [0.25, 0.3) is 0 Å². The van der Waals surface area contributed by atoms with E-state index in [1.807, 2.05) is 0 Å². The highest BCUT2D eigenvalue weighted by atomic mass is 32.2. The molecule has 4 nitrogen and oxygen atoms in total. The quantitative estimate of drug-likeness (QED) is 0.422. The molecule has 0 aliphatic carbocycles. The van der Waals surface area contributed by atoms with Crippen molar-refractivity contribution >= 4 is 18.0 Å². The molecule has 6 heavy (non-hydrogen) atoms. The van der Waals surface area contributed by atoms with Crippen LogP contribution in [-0.4, -0.2) is 10.3 Å². The van der Waals surface area contributed by atoms with Crippen LogP contribution in [0.15, 0.2) is 0 Å². The fraction of sp³-hybridized carbons (Fsp3) is 0. The highest BCUT2D eigenvalue weighted by molar-refractivity contribution is 7.60. The molecule has 0 aliphatic heterocycles. The van der Waals surface area contributed by atoms with Crippen molar-refractivity contribution in [3.63, 3.8) is 0 Å². The molecule has 0 fully saturated rings. The lowest BCUT2D eigenvalue weighted by Crippen LogP contribution is -2.09. The third-order valence-corrected chi connectivity index (χ3v) is 0.382. The molecular formula is CH3NO3S. The second-order valence-corrected chi connectivity index (χ2v) is 0.817. The number of hydrogen-bond donors (Lipinski definition) is 2. The first kappa shape index (κ1) is 5.42. The molecule has 0 aromatic heterocycles. The number of primary amides is 1. The Morgan fingerprint density at radius 1 is 1.83 bits per heavy atom. The number of amides is 1. The average Bonchev–Trinajstić information content (AvgIpc) is 1.35. The summed E-state index contributed by atoms with van der Waals surface area (Å²) in [6.07, 6.45) is -1.04. The maximum Gasteiger partial charge on any atom is 0.418 e. The van der Waals surface area contributed by atoms with Crippen molar-refractivity contribution in [1.82, 2.24) is 0 Å². The van der Waals surface area contributed by atoms with Crippen LogP contribution in [0.2, 0.25) is 0 Å². The number of hydrogen-bond acceptors (Lipinski definition) is 3. The molecule has 0 atom stereocenters. The summed E-state index contributed by atoms with van der Waals surface area (Å²) in [6, 6.07) is 0. The van der Waals surface area contributed by atoms with E-state index in [1.165, 1.54) is 0 Å². The topological polar surface area (TPSA) is 69.4 Å². The minimum Gasteiger partial charge on any atom is -0.350 e. The molecule has 36 valence electrons. The Morgan fingerprint density at radius 3 is 2.33 bits per heavy atom. The van der Waals surface area contributed by atoms with E-state index < -0.39 is 18.0 Å². The summed E-state index contributed by atoms with van der Waals surface area (Å²) < 4.78 is 12.8. The summed E-state index contributed by atoms with van der Waals surface area (Å²) in [7, 11) is 0. The lowest BCUT2D eigenvalue weighted by Gasteiger charge is -1.79. The van der Waals surface area contributed by atoms with Crippen molar-refractivity contribution in [2.24, 2.45) is 5.73 Å². The molecule has 0 saturated carbocycles. The van der Waals surface area contributed by atoms with E-state index in [0.29, 0.717) is 0 Å². The molecule has 1 amide bonds. The summed E-state index contributed by atoms with van der Waals surface area (Å²) in [5.74, 6) is 0. The predicted octanol–water partition coefficient (Wildman–Crippen LogP) is -1.06. The summed E-state index contributed by atoms with van der Waals surface area (Å²) in [5.41, 5.74) is 4.33. The van der Waals surface area contributed by atoms with Crippen LogP contribution in [0.4, 0.5) is 4.79 Å². The van der Waals surface area contributed by atoms with Crippen molar-refractivity contribution in [2.75, 3.05) is 0 Å². The molecule has 0 aromatic carbocycles. The SMILES string of the molecule is NC(=O)O[SH]=O. The van der Waals surface area contributed by atoms with Crippen LogP contribution in [0.3, 0.4) is 0 Å². The summed E-state index contributed by atoms with van der Waals surface area (Å²) in [6.45, 7) is 0. The van der Waals surface area contributed by atoms with Crippen LogP contribution >= 0.6 is 0 Å². The zero-order valence-electron chi connectivity index (χ0n) is 2.75. The van der Waals surface area contributed by atoms with Gasteiger partial charge in [0.05, 0.1) is 0 Å². The van der Waals surface area contributed by atoms with Gasteiger partial charge in [-0.05, 0) is 0 Å². The zero-order valence-corrected chi connectivity index (χ0v) is 3.64. The fourth-order valence-electron chi connectivity index (χ4n) is 0.0367. The van der Waals surface area contributed by atoms with Gasteiger partial charge in [-0.3, -0.25) is 0 Å². The summed E-state index contributed by atoms with van der Waals surface area (Å²) >= 11 is -0.701. The second-order valence-electron chi connectivity index (χ2n) is 0.485. The molecule has 0 heterocycles. The lowest BCUT2D eigenvalue weighted by molar-refractivity contribution is 0.217. The minimum atomic E-state index is -1.04. The third kappa shape index (κ3) is 3.42. The Morgan fingerprint density at radius 2 is 2.33 bits per heavy atom. The molecule has 0 radical (unpaired) electrons. The molecule has 0 saturated heterocycles. The van der Waals surface area contributed by atoms with Gasteiger partial charge in [0.1, 0.15) is 0 Å². The fourth-order valence-corrected chi connectivity index (χ4v) is 0.110. The van der Waals surface area contributed by atoms with Crippen LogP contribution in [0.1, 0.15) is 0 Å². The zero-order chi connectivity index (χ0) is 4.99. The Hall–Kier alpha value is -0.580. The molecule has 0 aromatic rings. The Kier molecular flexibility index (Phi) is 2.39. The van der Waals surface area contributed by atoms with Crippen LogP contribution in [0, 0.1) is 0 Å². The van der Waals surface area contributed by atoms with Gasteiger partial charge in [-0.2, -0.15) is 0 Å². The first-order valence-electron chi connectivity index (χ1n) is 1.06. The first-order valence-corrected chi connectivity index (χ1v) is 1.79. The molecule has 0 unspecified atom stereocenters. The molecular weight excluding hydrogens is 106 g/mol. The average molecular weight is 109 g/mol. The van der Waals surface area contributed by atoms with E-state index in [4.69, 9.17) is 0 Å². The van der Waals surface area contributed by atoms with Gasteiger partial charge >= 0.3 is 6.09 Å². The number of carbonyl (C=O) groups excluding carboxylic acids is 1. The minimum absolute atomic E-state index is 0.701. The number of carbonyl (C=O) groups is 1. The lowest BCUT2D eigenvalue weighted by atomic mass is 11.3. The summed E-state index contributed by atoms with van der Waals surface area (Å²) in [4.78, 5) is 9.39. The Balaban J connectivity index is 3.05. The molecule has 0 spiro atoms. The molecule has 5 heteroatoms. The Labute approximate surface area is 38.0 Å². The first-order chi connectivity index (χ1) is 2.77. The molecule has 2 N–H and O–H groups in total. The van der Waals surface area contributed by atoms with Crippen LogP contribution < -0.4 is 5.73 Å². The van der Waals surface area contributed by atoms with Gasteiger partial charge in [0.2, 0.25) is 0 Å². The number of thiol groups is 1. The largest absolute Gasteiger partial charge is 0.418 e. The maximum absolute atomic E-state index is 9.39. The highest BCUT2D eigenvalue weighted by Gasteiger charge is 1.82. The number of nitrogens with two attached hydrogens (primary N) is 1. The highest BCUT2D eigenvalue weighted by Crippen LogP contribution is 1.61. The molecule has 0 rings (SSSR count). The van der Waals surface area contributed by atoms with Crippen molar-refractivity contribution in [3.05, 3.63) is 0 Å². The van der Waals surface area contributed by atoms with Gasteiger partial charge in [0, 0.05) is 0 Å². The molecule has 0 bridgehead atoms. The smallest absolute Gasteiger partial charge is 0.350 e. The van der Waals surface area contributed by atoms with Gasteiger partial charge in [-0.25, -0.2) is 9.00 Å². The molecule has 0 aliphatic rings. The monoisotopic (exact) mass is 109 g/mol. The van der Waals surface area contributed by atoms with E-state index in [9.17, 15) is 9.00 Å². The normalized spacial score (nSPS) is 7.33. The van der Waals surface area contributed by atoms with Crippen LogP contribution in [-0.2, 0) is 16.1 Å². The van der Waals surface area contributed by atoms with Gasteiger partial charge in [-0.15, -0.1) is 0 Å². The van der Waals surface area contributed by atoms with E-state index in [-0.39, 0.29) is 0 Å². The third-order valence-electron chi connectivity index (χ3n) is 0.127. The summed E-state index contributed by atoms with van der Waals surface area (Å²) in [5, 5.41) is 0.